The largest absolute Gasteiger partial charge is 0.393 e. The fraction of sp³-hybridized carbons (Fsp3) is 0.667. The van der Waals surface area contributed by atoms with Crippen molar-refractivity contribution < 1.29 is 14.7 Å². The number of carbonyl (C=O) groups excluding carboxylic acids is 2. The number of nitrogens with one attached hydrogen (secondary N) is 2. The van der Waals surface area contributed by atoms with Crippen LogP contribution in [0.15, 0.2) is 0 Å². The Morgan fingerprint density at radius 3 is 1.92 bits per heavy atom. The maximum atomic E-state index is 11.0. The minimum Gasteiger partial charge on any atom is -0.393 e. The van der Waals surface area contributed by atoms with Gasteiger partial charge in [-0.05, 0) is 13.3 Å². The first-order chi connectivity index (χ1) is 6.02. The van der Waals surface area contributed by atoms with Crippen molar-refractivity contribution in [2.45, 2.75) is 19.4 Å². The van der Waals surface area contributed by atoms with Crippen molar-refractivity contribution in [3.63, 3.8) is 0 Å². The van der Waals surface area contributed by atoms with Gasteiger partial charge in [0.15, 0.2) is 0 Å². The zero-order chi connectivity index (χ0) is 10.4. The summed E-state index contributed by atoms with van der Waals surface area (Å²) in [4.78, 5) is 22.0. The lowest BCUT2D eigenvalue weighted by atomic mass is 10.0. The van der Waals surface area contributed by atoms with Crippen molar-refractivity contribution in [1.29, 1.82) is 0 Å². The van der Waals surface area contributed by atoms with E-state index in [0.29, 0.717) is 0 Å². The van der Waals surface area contributed by atoms with Gasteiger partial charge < -0.3 is 5.11 Å². The average Bonchev–Trinajstić information content (AvgIpc) is 2.11. The molecule has 1 atom stereocenters. The van der Waals surface area contributed by atoms with E-state index in [2.05, 4.69) is 0 Å². The molecule has 0 radical (unpaired) electrons. The minimum absolute atomic E-state index is 0.0218. The van der Waals surface area contributed by atoms with E-state index in [1.165, 1.54) is 6.92 Å². The molecule has 0 rings (SSSR count). The molecule has 0 fully saturated rings. The molecule has 0 heterocycles. The number of hydrazine groups is 2. The van der Waals surface area contributed by atoms with Crippen molar-refractivity contribution in [1.82, 2.24) is 10.9 Å². The third-order valence-electron chi connectivity index (χ3n) is 1.49. The van der Waals surface area contributed by atoms with Gasteiger partial charge in [0.2, 0.25) is 11.8 Å². The Hall–Kier alpha value is -1.18. The first kappa shape index (κ1) is 11.8. The molecule has 7 nitrogen and oxygen atoms in total. The lowest BCUT2D eigenvalue weighted by Crippen LogP contribution is -2.46. The summed E-state index contributed by atoms with van der Waals surface area (Å²) in [6.07, 6.45) is -0.800. The minimum atomic E-state index is -1.06. The van der Waals surface area contributed by atoms with Gasteiger partial charge in [0.05, 0.1) is 6.10 Å². The summed E-state index contributed by atoms with van der Waals surface area (Å²) in [6, 6.07) is 0. The zero-order valence-corrected chi connectivity index (χ0v) is 7.28. The number of hydrogen-bond acceptors (Lipinski definition) is 5. The van der Waals surface area contributed by atoms with E-state index in [1.807, 2.05) is 10.9 Å². The van der Waals surface area contributed by atoms with Crippen LogP contribution in [0.4, 0.5) is 0 Å². The van der Waals surface area contributed by atoms with E-state index in [-0.39, 0.29) is 6.42 Å². The summed E-state index contributed by atoms with van der Waals surface area (Å²) >= 11 is 0. The number of amides is 2. The van der Waals surface area contributed by atoms with Crippen LogP contribution in [-0.2, 0) is 9.59 Å². The highest BCUT2D eigenvalue weighted by molar-refractivity contribution is 5.99. The molecule has 0 saturated heterocycles. The van der Waals surface area contributed by atoms with Crippen LogP contribution in [-0.4, -0.2) is 23.0 Å². The van der Waals surface area contributed by atoms with Gasteiger partial charge in [0.25, 0.3) is 0 Å². The van der Waals surface area contributed by atoms with Crippen LogP contribution in [0.3, 0.4) is 0 Å². The number of aliphatic hydroxyl groups is 1. The van der Waals surface area contributed by atoms with Crippen LogP contribution in [0.1, 0.15) is 13.3 Å². The predicted octanol–water partition coefficient (Wildman–Crippen LogP) is -2.65. The number of aliphatic hydroxyl groups excluding tert-OH is 1. The summed E-state index contributed by atoms with van der Waals surface area (Å²) in [6.45, 7) is 1.46. The monoisotopic (exact) mass is 190 g/mol. The predicted molar refractivity (Wildman–Crippen MR) is 44.4 cm³/mol. The molecule has 0 aromatic carbocycles. The normalized spacial score (nSPS) is 12.4. The van der Waals surface area contributed by atoms with Crippen molar-refractivity contribution in [3.05, 3.63) is 0 Å². The standard InChI is InChI=1S/C6H14N4O3/c1-3(11)2-4(5(12)9-7)6(13)10-8/h3-4,11H,2,7-8H2,1H3,(H,9,12)(H,10,13). The van der Waals surface area contributed by atoms with Gasteiger partial charge in [-0.15, -0.1) is 0 Å². The van der Waals surface area contributed by atoms with Crippen molar-refractivity contribution in [2.24, 2.45) is 17.6 Å². The maximum Gasteiger partial charge on any atom is 0.246 e. The van der Waals surface area contributed by atoms with E-state index >= 15 is 0 Å². The van der Waals surface area contributed by atoms with Gasteiger partial charge >= 0.3 is 0 Å². The Bertz CT molecular complexity index is 178. The van der Waals surface area contributed by atoms with E-state index in [0.717, 1.165) is 0 Å². The van der Waals surface area contributed by atoms with Crippen molar-refractivity contribution in [3.8, 4) is 0 Å². The lowest BCUT2D eigenvalue weighted by Gasteiger charge is -2.14. The third kappa shape index (κ3) is 3.83. The first-order valence-electron chi connectivity index (χ1n) is 3.71. The van der Waals surface area contributed by atoms with E-state index in [1.54, 1.807) is 0 Å². The van der Waals surface area contributed by atoms with Gasteiger partial charge in [-0.2, -0.15) is 0 Å². The molecule has 1 unspecified atom stereocenters. The molecule has 0 spiro atoms. The van der Waals surface area contributed by atoms with Gasteiger partial charge in [0, 0.05) is 0 Å². The fourth-order valence-corrected chi connectivity index (χ4v) is 0.875. The molecule has 7 N–H and O–H groups in total. The van der Waals surface area contributed by atoms with Crippen LogP contribution < -0.4 is 22.5 Å². The van der Waals surface area contributed by atoms with Crippen molar-refractivity contribution in [2.75, 3.05) is 0 Å². The number of carbonyl (C=O) groups is 2. The van der Waals surface area contributed by atoms with E-state index in [4.69, 9.17) is 16.8 Å². The van der Waals surface area contributed by atoms with Gasteiger partial charge in [0.1, 0.15) is 5.92 Å². The second-order valence-corrected chi connectivity index (χ2v) is 2.65. The molecule has 76 valence electrons. The molecule has 13 heavy (non-hydrogen) atoms. The smallest absolute Gasteiger partial charge is 0.246 e. The van der Waals surface area contributed by atoms with Crippen LogP contribution in [0.5, 0.6) is 0 Å². The SMILES string of the molecule is CC(O)CC(C(=O)NN)C(=O)NN. The van der Waals surface area contributed by atoms with Crippen molar-refractivity contribution >= 4 is 11.8 Å². The number of nitrogens with two attached hydrogens (primary N) is 2. The Morgan fingerprint density at radius 2 is 1.69 bits per heavy atom. The Kier molecular flexibility index (Phi) is 4.97. The Labute approximate surface area is 75.4 Å². The highest BCUT2D eigenvalue weighted by Gasteiger charge is 2.26. The summed E-state index contributed by atoms with van der Waals surface area (Å²) in [5, 5.41) is 8.97. The molecule has 0 aliphatic rings. The zero-order valence-electron chi connectivity index (χ0n) is 7.28. The molecule has 0 aliphatic heterocycles. The van der Waals surface area contributed by atoms with Gasteiger partial charge in [-0.1, -0.05) is 0 Å². The molecular weight excluding hydrogens is 176 g/mol. The molecule has 0 aliphatic carbocycles. The third-order valence-corrected chi connectivity index (χ3v) is 1.49. The summed E-state index contributed by atoms with van der Waals surface area (Å²) in [5.74, 6) is 7.26. The fourth-order valence-electron chi connectivity index (χ4n) is 0.875. The second-order valence-electron chi connectivity index (χ2n) is 2.65. The molecule has 7 heteroatoms. The van der Waals surface area contributed by atoms with Crippen LogP contribution in [0.2, 0.25) is 0 Å². The number of rotatable bonds is 4. The summed E-state index contributed by atoms with van der Waals surface area (Å²) in [5.41, 5.74) is 3.64. The quantitative estimate of drug-likeness (QED) is 0.143. The lowest BCUT2D eigenvalue weighted by molar-refractivity contribution is -0.136. The Balaban J connectivity index is 4.36. The summed E-state index contributed by atoms with van der Waals surface area (Å²) < 4.78 is 0. The van der Waals surface area contributed by atoms with Gasteiger partial charge in [-0.3, -0.25) is 20.4 Å². The molecule has 2 amide bonds. The average molecular weight is 190 g/mol. The maximum absolute atomic E-state index is 11.0. The second kappa shape index (κ2) is 5.46. The molecule has 0 aromatic heterocycles. The highest BCUT2D eigenvalue weighted by Crippen LogP contribution is 2.06. The van der Waals surface area contributed by atoms with Crippen LogP contribution in [0.25, 0.3) is 0 Å². The topological polar surface area (TPSA) is 130 Å². The Morgan fingerprint density at radius 1 is 1.31 bits per heavy atom. The highest BCUT2D eigenvalue weighted by atomic mass is 16.3. The van der Waals surface area contributed by atoms with Crippen LogP contribution >= 0.6 is 0 Å². The first-order valence-corrected chi connectivity index (χ1v) is 3.71. The van der Waals surface area contributed by atoms with Gasteiger partial charge in [-0.25, -0.2) is 11.7 Å². The van der Waals surface area contributed by atoms with E-state index in [9.17, 15) is 9.59 Å². The molecule has 0 aromatic rings. The molecular formula is C6H14N4O3. The summed E-state index contributed by atoms with van der Waals surface area (Å²) in [7, 11) is 0. The van der Waals surface area contributed by atoms with E-state index < -0.39 is 23.8 Å². The number of hydrogen-bond donors (Lipinski definition) is 5. The van der Waals surface area contributed by atoms with Crippen LogP contribution in [0, 0.1) is 5.92 Å². The molecule has 0 bridgehead atoms. The molecule has 0 saturated carbocycles.